The Hall–Kier alpha value is -2.09. The van der Waals surface area contributed by atoms with E-state index in [1.807, 2.05) is 50.2 Å². The van der Waals surface area contributed by atoms with Gasteiger partial charge < -0.3 is 4.74 Å². The van der Waals surface area contributed by atoms with Crippen molar-refractivity contribution in [3.63, 3.8) is 0 Å². The van der Waals surface area contributed by atoms with Gasteiger partial charge in [-0.25, -0.2) is 4.99 Å². The van der Waals surface area contributed by atoms with Crippen molar-refractivity contribution in [1.82, 2.24) is 0 Å². The van der Waals surface area contributed by atoms with Gasteiger partial charge in [0.15, 0.2) is 5.72 Å². The van der Waals surface area contributed by atoms with E-state index in [9.17, 15) is 0 Å². The first-order valence-electron chi connectivity index (χ1n) is 6.09. The number of benzene rings is 2. The van der Waals surface area contributed by atoms with Crippen molar-refractivity contribution in [2.75, 3.05) is 0 Å². The molecule has 2 aromatic rings. The first kappa shape index (κ1) is 11.0. The molecule has 0 atom stereocenters. The molecule has 0 fully saturated rings. The number of ether oxygens (including phenoxy) is 1. The second-order valence-electron chi connectivity index (χ2n) is 4.87. The van der Waals surface area contributed by atoms with Gasteiger partial charge in [-0.3, -0.25) is 0 Å². The van der Waals surface area contributed by atoms with Crippen LogP contribution in [0.2, 0.25) is 0 Å². The van der Waals surface area contributed by atoms with Gasteiger partial charge in [0.05, 0.1) is 5.71 Å². The highest BCUT2D eigenvalue weighted by Crippen LogP contribution is 2.32. The Balaban J connectivity index is 2.20. The molecule has 2 heteroatoms. The third-order valence-electron chi connectivity index (χ3n) is 2.93. The number of rotatable bonds is 1. The highest BCUT2D eigenvalue weighted by molar-refractivity contribution is 6.15. The van der Waals surface area contributed by atoms with E-state index in [-0.39, 0.29) is 0 Å². The quantitative estimate of drug-likeness (QED) is 0.741. The maximum atomic E-state index is 5.88. The second-order valence-corrected chi connectivity index (χ2v) is 4.87. The molecule has 2 aromatic carbocycles. The van der Waals surface area contributed by atoms with E-state index in [0.29, 0.717) is 0 Å². The van der Waals surface area contributed by atoms with Crippen LogP contribution in [0.3, 0.4) is 0 Å². The number of para-hydroxylation sites is 1. The summed E-state index contributed by atoms with van der Waals surface area (Å²) in [7, 11) is 0. The molecule has 0 aliphatic carbocycles. The summed E-state index contributed by atoms with van der Waals surface area (Å²) in [6.45, 7) is 3.96. The average molecular weight is 237 g/mol. The Kier molecular flexibility index (Phi) is 2.44. The van der Waals surface area contributed by atoms with Gasteiger partial charge in [-0.15, -0.1) is 0 Å². The standard InChI is InChI=1S/C16H15NO/c1-16(2)17-15(12-8-4-3-5-9-12)13-10-6-7-11-14(13)18-16/h3-11H,1-2H3. The second kappa shape index (κ2) is 3.98. The van der Waals surface area contributed by atoms with E-state index in [0.717, 1.165) is 22.6 Å². The van der Waals surface area contributed by atoms with Crippen LogP contribution in [0.15, 0.2) is 59.6 Å². The fourth-order valence-corrected chi connectivity index (χ4v) is 2.19. The van der Waals surface area contributed by atoms with Crippen LogP contribution in [0.5, 0.6) is 5.75 Å². The number of fused-ring (bicyclic) bond motifs is 1. The lowest BCUT2D eigenvalue weighted by Gasteiger charge is -2.30. The number of nitrogens with zero attached hydrogens (tertiary/aromatic N) is 1. The van der Waals surface area contributed by atoms with Crippen molar-refractivity contribution in [1.29, 1.82) is 0 Å². The lowest BCUT2D eigenvalue weighted by atomic mass is 9.99. The topological polar surface area (TPSA) is 21.6 Å². The Labute approximate surface area is 107 Å². The molecule has 3 rings (SSSR count). The van der Waals surface area contributed by atoms with Gasteiger partial charge in [0.25, 0.3) is 0 Å². The molecule has 0 aromatic heterocycles. The molecule has 1 heterocycles. The van der Waals surface area contributed by atoms with Crippen LogP contribution in [0.1, 0.15) is 25.0 Å². The number of hydrogen-bond donors (Lipinski definition) is 0. The molecule has 0 saturated carbocycles. The van der Waals surface area contributed by atoms with Gasteiger partial charge in [0, 0.05) is 11.1 Å². The van der Waals surface area contributed by atoms with Crippen molar-refractivity contribution >= 4 is 5.71 Å². The monoisotopic (exact) mass is 237 g/mol. The fraction of sp³-hybridized carbons (Fsp3) is 0.188. The van der Waals surface area contributed by atoms with Crippen molar-refractivity contribution in [2.45, 2.75) is 19.6 Å². The predicted octanol–water partition coefficient (Wildman–Crippen LogP) is 3.65. The van der Waals surface area contributed by atoms with Crippen molar-refractivity contribution in [3.05, 3.63) is 65.7 Å². The third-order valence-corrected chi connectivity index (χ3v) is 2.93. The predicted molar refractivity (Wildman–Crippen MR) is 73.2 cm³/mol. The van der Waals surface area contributed by atoms with E-state index >= 15 is 0 Å². The van der Waals surface area contributed by atoms with Crippen LogP contribution >= 0.6 is 0 Å². The van der Waals surface area contributed by atoms with E-state index < -0.39 is 5.72 Å². The molecule has 2 nitrogen and oxygen atoms in total. The van der Waals surface area contributed by atoms with Crippen molar-refractivity contribution < 1.29 is 4.74 Å². The van der Waals surface area contributed by atoms with E-state index in [4.69, 9.17) is 9.73 Å². The van der Waals surface area contributed by atoms with Crippen LogP contribution in [0.4, 0.5) is 0 Å². The highest BCUT2D eigenvalue weighted by Gasteiger charge is 2.28. The average Bonchev–Trinajstić information content (AvgIpc) is 2.38. The zero-order valence-corrected chi connectivity index (χ0v) is 10.6. The van der Waals surface area contributed by atoms with E-state index in [2.05, 4.69) is 18.2 Å². The molecule has 0 N–H and O–H groups in total. The van der Waals surface area contributed by atoms with Gasteiger partial charge in [-0.1, -0.05) is 42.5 Å². The molecule has 1 aliphatic heterocycles. The van der Waals surface area contributed by atoms with Crippen LogP contribution in [0.25, 0.3) is 0 Å². The zero-order valence-electron chi connectivity index (χ0n) is 10.6. The number of aliphatic imine (C=N–C) groups is 1. The lowest BCUT2D eigenvalue weighted by Crippen LogP contribution is -2.32. The maximum absolute atomic E-state index is 5.88. The Morgan fingerprint density at radius 2 is 1.56 bits per heavy atom. The summed E-state index contributed by atoms with van der Waals surface area (Å²) in [5.74, 6) is 0.899. The van der Waals surface area contributed by atoms with Gasteiger partial charge in [0.1, 0.15) is 5.75 Å². The molecule has 0 unspecified atom stereocenters. The molecular formula is C16H15NO. The minimum atomic E-state index is -0.514. The first-order chi connectivity index (χ1) is 8.66. The minimum absolute atomic E-state index is 0.514. The molecule has 0 saturated heterocycles. The van der Waals surface area contributed by atoms with Crippen molar-refractivity contribution in [2.24, 2.45) is 4.99 Å². The summed E-state index contributed by atoms with van der Waals surface area (Å²) < 4.78 is 5.88. The van der Waals surface area contributed by atoms with Crippen LogP contribution in [-0.2, 0) is 0 Å². The third kappa shape index (κ3) is 1.90. The first-order valence-corrected chi connectivity index (χ1v) is 6.09. The van der Waals surface area contributed by atoms with Crippen LogP contribution < -0.4 is 4.74 Å². The fourth-order valence-electron chi connectivity index (χ4n) is 2.19. The SMILES string of the molecule is CC1(C)N=C(c2ccccc2)c2ccccc2O1. The molecule has 1 aliphatic rings. The Bertz CT molecular complexity index is 600. The normalized spacial score (nSPS) is 16.4. The summed E-state index contributed by atoms with van der Waals surface area (Å²) in [5.41, 5.74) is 2.67. The molecule has 90 valence electrons. The molecule has 0 radical (unpaired) electrons. The summed E-state index contributed by atoms with van der Waals surface area (Å²) in [5, 5.41) is 0. The Morgan fingerprint density at radius 1 is 0.889 bits per heavy atom. The van der Waals surface area contributed by atoms with Gasteiger partial charge in [-0.2, -0.15) is 0 Å². The zero-order chi connectivity index (χ0) is 12.6. The van der Waals surface area contributed by atoms with E-state index in [1.54, 1.807) is 0 Å². The summed E-state index contributed by atoms with van der Waals surface area (Å²) in [6.07, 6.45) is 0. The van der Waals surface area contributed by atoms with Gasteiger partial charge >= 0.3 is 0 Å². The lowest BCUT2D eigenvalue weighted by molar-refractivity contribution is 0.115. The highest BCUT2D eigenvalue weighted by atomic mass is 16.5. The van der Waals surface area contributed by atoms with Crippen molar-refractivity contribution in [3.8, 4) is 5.75 Å². The van der Waals surface area contributed by atoms with Crippen LogP contribution in [0, 0.1) is 0 Å². The summed E-state index contributed by atoms with van der Waals surface area (Å²) in [4.78, 5) is 4.72. The largest absolute Gasteiger partial charge is 0.466 e. The smallest absolute Gasteiger partial charge is 0.195 e. The van der Waals surface area contributed by atoms with Gasteiger partial charge in [-0.05, 0) is 26.0 Å². The summed E-state index contributed by atoms with van der Waals surface area (Å²) >= 11 is 0. The molecular weight excluding hydrogens is 222 g/mol. The molecule has 0 spiro atoms. The summed E-state index contributed by atoms with van der Waals surface area (Å²) in [6, 6.07) is 18.3. The molecule has 18 heavy (non-hydrogen) atoms. The Morgan fingerprint density at radius 3 is 2.33 bits per heavy atom. The van der Waals surface area contributed by atoms with Crippen LogP contribution in [-0.4, -0.2) is 11.4 Å². The maximum Gasteiger partial charge on any atom is 0.195 e. The number of hydrogen-bond acceptors (Lipinski definition) is 2. The molecule has 0 amide bonds. The molecule has 0 bridgehead atoms. The minimum Gasteiger partial charge on any atom is -0.466 e. The van der Waals surface area contributed by atoms with Gasteiger partial charge in [0.2, 0.25) is 0 Å². The van der Waals surface area contributed by atoms with E-state index in [1.165, 1.54) is 0 Å².